The molecule has 0 aromatic heterocycles. The largest absolute Gasteiger partial charge is 0.359 e. The maximum Gasteiger partial charge on any atom is 0.261 e. The van der Waals surface area contributed by atoms with Crippen LogP contribution in [0.25, 0.3) is 0 Å². The highest BCUT2D eigenvalue weighted by Gasteiger charge is 2.14. The van der Waals surface area contributed by atoms with E-state index in [0.717, 1.165) is 11.1 Å². The van der Waals surface area contributed by atoms with Gasteiger partial charge in [-0.2, -0.15) is 0 Å². The minimum absolute atomic E-state index is 0.183. The van der Waals surface area contributed by atoms with Crippen LogP contribution in [0.2, 0.25) is 0 Å². The Kier molecular flexibility index (Phi) is 6.17. The van der Waals surface area contributed by atoms with Crippen molar-refractivity contribution in [3.05, 3.63) is 66.2 Å². The van der Waals surface area contributed by atoms with Crippen LogP contribution in [0.3, 0.4) is 0 Å². The standard InChI is InChI=1S/C18H21N3O2S2/c1-4-9-19-18(24)20-15-5-7-17(8-6-15)25(22,23)21-16-11-13(2)10-14(3)12-16/h4-8,10-12,21H,1,9H2,2-3H3,(H2,19,20,24). The monoisotopic (exact) mass is 375 g/mol. The van der Waals surface area contributed by atoms with Gasteiger partial charge in [0.15, 0.2) is 5.11 Å². The lowest BCUT2D eigenvalue weighted by Gasteiger charge is -2.12. The second kappa shape index (κ2) is 8.13. The number of anilines is 2. The molecule has 0 aliphatic carbocycles. The topological polar surface area (TPSA) is 70.2 Å². The van der Waals surface area contributed by atoms with Gasteiger partial charge in [0.25, 0.3) is 10.0 Å². The second-order valence-corrected chi connectivity index (χ2v) is 7.72. The van der Waals surface area contributed by atoms with Gasteiger partial charge in [0, 0.05) is 17.9 Å². The first-order valence-corrected chi connectivity index (χ1v) is 9.56. The van der Waals surface area contributed by atoms with Crippen molar-refractivity contribution >= 4 is 38.7 Å². The molecule has 0 heterocycles. The first-order chi connectivity index (χ1) is 11.8. The van der Waals surface area contributed by atoms with Gasteiger partial charge in [-0.3, -0.25) is 4.72 Å². The highest BCUT2D eigenvalue weighted by atomic mass is 32.2. The highest BCUT2D eigenvalue weighted by Crippen LogP contribution is 2.20. The average Bonchev–Trinajstić information content (AvgIpc) is 2.52. The fraction of sp³-hybridized carbons (Fsp3) is 0.167. The Balaban J connectivity index is 2.11. The van der Waals surface area contributed by atoms with Crippen LogP contribution in [0.5, 0.6) is 0 Å². The summed E-state index contributed by atoms with van der Waals surface area (Å²) < 4.78 is 27.6. The van der Waals surface area contributed by atoms with Crippen LogP contribution in [-0.4, -0.2) is 20.1 Å². The normalized spacial score (nSPS) is 10.8. The Morgan fingerprint density at radius 1 is 1.08 bits per heavy atom. The number of sulfonamides is 1. The van der Waals surface area contributed by atoms with Crippen LogP contribution >= 0.6 is 12.2 Å². The third kappa shape index (κ3) is 5.58. The van der Waals surface area contributed by atoms with Gasteiger partial charge in [-0.25, -0.2) is 8.42 Å². The van der Waals surface area contributed by atoms with E-state index >= 15 is 0 Å². The minimum Gasteiger partial charge on any atom is -0.359 e. The van der Waals surface area contributed by atoms with Crippen LogP contribution < -0.4 is 15.4 Å². The van der Waals surface area contributed by atoms with Crippen LogP contribution in [-0.2, 0) is 10.0 Å². The number of thiocarbonyl (C=S) groups is 1. The number of hydrogen-bond acceptors (Lipinski definition) is 3. The van der Waals surface area contributed by atoms with Gasteiger partial charge in [0.1, 0.15) is 0 Å². The molecule has 5 nitrogen and oxygen atoms in total. The summed E-state index contributed by atoms with van der Waals surface area (Å²) in [5, 5.41) is 6.37. The van der Waals surface area contributed by atoms with Crippen molar-refractivity contribution in [2.75, 3.05) is 16.6 Å². The fourth-order valence-electron chi connectivity index (χ4n) is 2.31. The zero-order valence-electron chi connectivity index (χ0n) is 14.2. The SMILES string of the molecule is C=CCNC(=S)Nc1ccc(S(=O)(=O)Nc2cc(C)cc(C)c2)cc1. The number of nitrogens with one attached hydrogen (secondary N) is 3. The third-order valence-corrected chi connectivity index (χ3v) is 4.95. The summed E-state index contributed by atoms with van der Waals surface area (Å²) in [5.74, 6) is 0. The molecule has 0 atom stereocenters. The molecular weight excluding hydrogens is 354 g/mol. The lowest BCUT2D eigenvalue weighted by Crippen LogP contribution is -2.28. The molecule has 2 aromatic rings. The lowest BCUT2D eigenvalue weighted by molar-refractivity contribution is 0.601. The number of benzene rings is 2. The molecule has 0 saturated carbocycles. The van der Waals surface area contributed by atoms with Gasteiger partial charge in [-0.15, -0.1) is 6.58 Å². The summed E-state index contributed by atoms with van der Waals surface area (Å²) in [4.78, 5) is 0.183. The van der Waals surface area contributed by atoms with Crippen LogP contribution in [0, 0.1) is 13.8 Å². The number of rotatable bonds is 6. The Hall–Kier alpha value is -2.38. The first kappa shape index (κ1) is 19.0. The molecule has 7 heteroatoms. The van der Waals surface area contributed by atoms with Gasteiger partial charge in [-0.05, 0) is 73.6 Å². The van der Waals surface area contributed by atoms with E-state index in [1.54, 1.807) is 30.3 Å². The molecule has 0 aliphatic rings. The maximum atomic E-state index is 12.5. The van der Waals surface area contributed by atoms with Crippen molar-refractivity contribution in [2.24, 2.45) is 0 Å². The summed E-state index contributed by atoms with van der Waals surface area (Å²) >= 11 is 5.12. The van der Waals surface area contributed by atoms with E-state index in [1.165, 1.54) is 12.1 Å². The van der Waals surface area contributed by atoms with E-state index in [0.29, 0.717) is 23.0 Å². The molecule has 2 aromatic carbocycles. The second-order valence-electron chi connectivity index (χ2n) is 5.63. The molecule has 0 spiro atoms. The zero-order valence-corrected chi connectivity index (χ0v) is 15.8. The Labute approximate surface area is 154 Å². The minimum atomic E-state index is -3.65. The molecule has 0 fully saturated rings. The molecule has 0 amide bonds. The number of aryl methyl sites for hydroxylation is 2. The Morgan fingerprint density at radius 2 is 1.68 bits per heavy atom. The van der Waals surface area contributed by atoms with E-state index in [-0.39, 0.29) is 4.90 Å². The third-order valence-electron chi connectivity index (χ3n) is 3.30. The molecular formula is C18H21N3O2S2. The Morgan fingerprint density at radius 3 is 2.24 bits per heavy atom. The van der Waals surface area contributed by atoms with Crippen LogP contribution in [0.1, 0.15) is 11.1 Å². The molecule has 25 heavy (non-hydrogen) atoms. The molecule has 132 valence electrons. The predicted octanol–water partition coefficient (Wildman–Crippen LogP) is 3.58. The zero-order chi connectivity index (χ0) is 18.4. The summed E-state index contributed by atoms with van der Waals surface area (Å²) in [7, 11) is -3.65. The van der Waals surface area contributed by atoms with Crippen molar-refractivity contribution in [3.8, 4) is 0 Å². The van der Waals surface area contributed by atoms with Gasteiger partial charge >= 0.3 is 0 Å². The van der Waals surface area contributed by atoms with Gasteiger partial charge < -0.3 is 10.6 Å². The predicted molar refractivity (Wildman–Crippen MR) is 108 cm³/mol. The quantitative estimate of drug-likeness (QED) is 0.532. The molecule has 3 N–H and O–H groups in total. The molecule has 0 radical (unpaired) electrons. The van der Waals surface area contributed by atoms with E-state index < -0.39 is 10.0 Å². The van der Waals surface area contributed by atoms with Crippen molar-refractivity contribution in [1.29, 1.82) is 0 Å². The van der Waals surface area contributed by atoms with Gasteiger partial charge in [0.2, 0.25) is 0 Å². The maximum absolute atomic E-state index is 12.5. The van der Waals surface area contributed by atoms with Crippen molar-refractivity contribution in [3.63, 3.8) is 0 Å². The van der Waals surface area contributed by atoms with Gasteiger partial charge in [-0.1, -0.05) is 12.1 Å². The van der Waals surface area contributed by atoms with Gasteiger partial charge in [0.05, 0.1) is 4.90 Å². The van der Waals surface area contributed by atoms with E-state index in [9.17, 15) is 8.42 Å². The van der Waals surface area contributed by atoms with E-state index in [1.807, 2.05) is 19.9 Å². The highest BCUT2D eigenvalue weighted by molar-refractivity contribution is 7.92. The first-order valence-electron chi connectivity index (χ1n) is 7.67. The van der Waals surface area contributed by atoms with E-state index in [2.05, 4.69) is 21.9 Å². The number of hydrogen-bond donors (Lipinski definition) is 3. The molecule has 0 aliphatic heterocycles. The smallest absolute Gasteiger partial charge is 0.261 e. The van der Waals surface area contributed by atoms with Crippen LogP contribution in [0.4, 0.5) is 11.4 Å². The Bertz CT molecular complexity index is 855. The van der Waals surface area contributed by atoms with Crippen molar-refractivity contribution < 1.29 is 8.42 Å². The lowest BCUT2D eigenvalue weighted by atomic mass is 10.1. The van der Waals surface area contributed by atoms with E-state index in [4.69, 9.17) is 12.2 Å². The summed E-state index contributed by atoms with van der Waals surface area (Å²) in [5.41, 5.74) is 3.25. The molecule has 2 rings (SSSR count). The average molecular weight is 376 g/mol. The molecule has 0 bridgehead atoms. The molecule has 0 saturated heterocycles. The van der Waals surface area contributed by atoms with Crippen molar-refractivity contribution in [2.45, 2.75) is 18.7 Å². The summed E-state index contributed by atoms with van der Waals surface area (Å²) in [6, 6.07) is 12.0. The van der Waals surface area contributed by atoms with Crippen LogP contribution in [0.15, 0.2) is 60.0 Å². The fourth-order valence-corrected chi connectivity index (χ4v) is 3.55. The molecule has 0 unspecified atom stereocenters. The summed E-state index contributed by atoms with van der Waals surface area (Å²) in [6.45, 7) is 8.00. The summed E-state index contributed by atoms with van der Waals surface area (Å²) in [6.07, 6.45) is 1.70. The van der Waals surface area contributed by atoms with Crippen molar-refractivity contribution in [1.82, 2.24) is 5.32 Å².